The highest BCUT2D eigenvalue weighted by Crippen LogP contribution is 2.29. The van der Waals surface area contributed by atoms with E-state index in [0.29, 0.717) is 30.8 Å². The minimum atomic E-state index is -3.52. The van der Waals surface area contributed by atoms with Gasteiger partial charge in [0.15, 0.2) is 5.58 Å². The highest BCUT2D eigenvalue weighted by Gasteiger charge is 2.34. The third-order valence-electron chi connectivity index (χ3n) is 6.08. The van der Waals surface area contributed by atoms with E-state index in [1.165, 1.54) is 0 Å². The summed E-state index contributed by atoms with van der Waals surface area (Å²) >= 11 is 0. The van der Waals surface area contributed by atoms with Gasteiger partial charge in [-0.3, -0.25) is 9.80 Å². The predicted molar refractivity (Wildman–Crippen MR) is 106 cm³/mol. The third-order valence-corrected chi connectivity index (χ3v) is 8.00. The first kappa shape index (κ1) is 18.9. The molecule has 2 saturated heterocycles. The van der Waals surface area contributed by atoms with Crippen LogP contribution >= 0.6 is 0 Å². The molecule has 2 aliphatic rings. The molecule has 4 rings (SSSR count). The second kappa shape index (κ2) is 7.54. The molecular weight excluding hydrogens is 362 g/mol. The molecule has 6 nitrogen and oxygen atoms in total. The van der Waals surface area contributed by atoms with Crippen LogP contribution in [0.3, 0.4) is 0 Å². The molecule has 0 radical (unpaired) electrons. The molecule has 1 aromatic heterocycles. The van der Waals surface area contributed by atoms with Crippen LogP contribution in [0, 0.1) is 0 Å². The van der Waals surface area contributed by atoms with Crippen molar-refractivity contribution in [3.8, 4) is 0 Å². The fraction of sp³-hybridized carbons (Fsp3) is 0.600. The summed E-state index contributed by atoms with van der Waals surface area (Å²) in [4.78, 5) is 5.35. The van der Waals surface area contributed by atoms with Gasteiger partial charge in [-0.05, 0) is 38.8 Å². The van der Waals surface area contributed by atoms with Crippen LogP contribution in [0.5, 0.6) is 0 Å². The van der Waals surface area contributed by atoms with Crippen molar-refractivity contribution >= 4 is 21.0 Å². The van der Waals surface area contributed by atoms with E-state index in [1.54, 1.807) is 28.8 Å². The lowest BCUT2D eigenvalue weighted by atomic mass is 10.0. The van der Waals surface area contributed by atoms with Crippen molar-refractivity contribution in [2.24, 2.45) is 0 Å². The van der Waals surface area contributed by atoms with Crippen molar-refractivity contribution < 1.29 is 12.8 Å². The maximum atomic E-state index is 13.1. The standard InChI is InChI=1S/C20H29N3O3S/c1-16(2)21-11-13-22(14-12-21)18-6-9-23(10-7-18)27(24,25)19-5-3-4-17-8-15-26-20(17)19/h3-5,8,15-16,18H,6-7,9-14H2,1-2H3. The van der Waals surface area contributed by atoms with Gasteiger partial charge in [0.25, 0.3) is 0 Å². The first-order chi connectivity index (χ1) is 13.0. The van der Waals surface area contributed by atoms with Crippen molar-refractivity contribution in [3.63, 3.8) is 0 Å². The molecule has 0 N–H and O–H groups in total. The average molecular weight is 392 g/mol. The van der Waals surface area contributed by atoms with Gasteiger partial charge in [0, 0.05) is 56.7 Å². The molecule has 27 heavy (non-hydrogen) atoms. The summed E-state index contributed by atoms with van der Waals surface area (Å²) < 4.78 is 33.4. The third kappa shape index (κ3) is 3.66. The number of benzene rings is 1. The molecule has 3 heterocycles. The molecule has 148 valence electrons. The molecule has 0 aliphatic carbocycles. The van der Waals surface area contributed by atoms with Gasteiger partial charge in [0.1, 0.15) is 4.90 Å². The van der Waals surface area contributed by atoms with Crippen LogP contribution < -0.4 is 0 Å². The predicted octanol–water partition coefficient (Wildman–Crippen LogP) is 2.61. The molecule has 7 heteroatoms. The Morgan fingerprint density at radius 1 is 1.00 bits per heavy atom. The van der Waals surface area contributed by atoms with Crippen molar-refractivity contribution in [3.05, 3.63) is 30.5 Å². The number of para-hydroxylation sites is 1. The van der Waals surface area contributed by atoms with E-state index < -0.39 is 10.0 Å². The molecule has 0 bridgehead atoms. The molecule has 2 fully saturated rings. The molecule has 2 aliphatic heterocycles. The minimum Gasteiger partial charge on any atom is -0.463 e. The van der Waals surface area contributed by atoms with Gasteiger partial charge in [0.2, 0.25) is 10.0 Å². The minimum absolute atomic E-state index is 0.286. The maximum Gasteiger partial charge on any atom is 0.246 e. The van der Waals surface area contributed by atoms with Gasteiger partial charge in [-0.15, -0.1) is 0 Å². The van der Waals surface area contributed by atoms with Gasteiger partial charge >= 0.3 is 0 Å². The molecule has 0 saturated carbocycles. The molecule has 0 spiro atoms. The number of rotatable bonds is 4. The highest BCUT2D eigenvalue weighted by atomic mass is 32.2. The van der Waals surface area contributed by atoms with Gasteiger partial charge in [-0.1, -0.05) is 12.1 Å². The summed E-state index contributed by atoms with van der Waals surface area (Å²) in [6.45, 7) is 10.0. The van der Waals surface area contributed by atoms with Gasteiger partial charge < -0.3 is 4.42 Å². The smallest absolute Gasteiger partial charge is 0.246 e. The number of furan rings is 1. The van der Waals surface area contributed by atoms with E-state index in [-0.39, 0.29) is 4.90 Å². The van der Waals surface area contributed by atoms with E-state index in [9.17, 15) is 8.42 Å². The molecule has 0 amide bonds. The van der Waals surface area contributed by atoms with Crippen LogP contribution in [-0.4, -0.2) is 73.9 Å². The van der Waals surface area contributed by atoms with Crippen molar-refractivity contribution in [1.29, 1.82) is 0 Å². The fourth-order valence-electron chi connectivity index (χ4n) is 4.37. The van der Waals surface area contributed by atoms with E-state index in [4.69, 9.17) is 4.42 Å². The fourth-order valence-corrected chi connectivity index (χ4v) is 5.99. The summed E-state index contributed by atoms with van der Waals surface area (Å²) in [7, 11) is -3.52. The first-order valence-electron chi connectivity index (χ1n) is 9.91. The monoisotopic (exact) mass is 391 g/mol. The maximum absolute atomic E-state index is 13.1. The quantitative estimate of drug-likeness (QED) is 0.802. The Bertz CT molecular complexity index is 877. The van der Waals surface area contributed by atoms with Crippen LogP contribution in [0.25, 0.3) is 11.0 Å². The number of piperazine rings is 1. The molecule has 1 aromatic carbocycles. The lowest BCUT2D eigenvalue weighted by molar-refractivity contribution is 0.0593. The molecule has 2 aromatic rings. The SMILES string of the molecule is CC(C)N1CCN(C2CCN(S(=O)(=O)c3cccc4ccoc34)CC2)CC1. The first-order valence-corrected chi connectivity index (χ1v) is 11.4. The Balaban J connectivity index is 1.41. The zero-order chi connectivity index (χ0) is 19.0. The van der Waals surface area contributed by atoms with Crippen molar-refractivity contribution in [1.82, 2.24) is 14.1 Å². The van der Waals surface area contributed by atoms with E-state index in [0.717, 1.165) is 44.4 Å². The molecular formula is C20H29N3O3S. The Morgan fingerprint density at radius 3 is 2.37 bits per heavy atom. The van der Waals surface area contributed by atoms with Gasteiger partial charge in [-0.25, -0.2) is 8.42 Å². The number of nitrogens with zero attached hydrogens (tertiary/aromatic N) is 3. The van der Waals surface area contributed by atoms with Gasteiger partial charge in [0.05, 0.1) is 6.26 Å². The van der Waals surface area contributed by atoms with E-state index in [1.807, 2.05) is 6.07 Å². The van der Waals surface area contributed by atoms with Crippen molar-refractivity contribution in [2.75, 3.05) is 39.3 Å². The summed E-state index contributed by atoms with van der Waals surface area (Å²) in [6.07, 6.45) is 3.34. The lowest BCUT2D eigenvalue weighted by Crippen LogP contribution is -2.54. The zero-order valence-corrected chi connectivity index (χ0v) is 17.0. The van der Waals surface area contributed by atoms with Crippen LogP contribution in [-0.2, 0) is 10.0 Å². The van der Waals surface area contributed by atoms with Crippen molar-refractivity contribution in [2.45, 2.75) is 43.7 Å². The normalized spacial score (nSPS) is 22.0. The van der Waals surface area contributed by atoms with Crippen LogP contribution in [0.1, 0.15) is 26.7 Å². The Labute approximate surface area is 161 Å². The van der Waals surface area contributed by atoms with Crippen LogP contribution in [0.2, 0.25) is 0 Å². The van der Waals surface area contributed by atoms with E-state index in [2.05, 4.69) is 23.6 Å². The van der Waals surface area contributed by atoms with Crippen LogP contribution in [0.4, 0.5) is 0 Å². The summed E-state index contributed by atoms with van der Waals surface area (Å²) in [5, 5.41) is 0.828. The summed E-state index contributed by atoms with van der Waals surface area (Å²) in [5.41, 5.74) is 0.462. The average Bonchev–Trinajstić information content (AvgIpc) is 3.17. The molecule has 0 atom stereocenters. The summed E-state index contributed by atoms with van der Waals surface area (Å²) in [6, 6.07) is 8.20. The number of hydrogen-bond donors (Lipinski definition) is 0. The summed E-state index contributed by atoms with van der Waals surface area (Å²) in [5.74, 6) is 0. The Hall–Kier alpha value is -1.41. The number of fused-ring (bicyclic) bond motifs is 1. The molecule has 0 unspecified atom stereocenters. The second-order valence-corrected chi connectivity index (χ2v) is 9.80. The topological polar surface area (TPSA) is 57.0 Å². The van der Waals surface area contributed by atoms with Crippen LogP contribution in [0.15, 0.2) is 39.8 Å². The Morgan fingerprint density at radius 2 is 1.70 bits per heavy atom. The largest absolute Gasteiger partial charge is 0.463 e. The number of sulfonamides is 1. The zero-order valence-electron chi connectivity index (χ0n) is 16.2. The Kier molecular flexibility index (Phi) is 5.29. The second-order valence-electron chi connectivity index (χ2n) is 7.90. The van der Waals surface area contributed by atoms with Gasteiger partial charge in [-0.2, -0.15) is 4.31 Å². The number of hydrogen-bond acceptors (Lipinski definition) is 5. The lowest BCUT2D eigenvalue weighted by Gasteiger charge is -2.43. The van der Waals surface area contributed by atoms with E-state index >= 15 is 0 Å². The number of piperidine rings is 1. The highest BCUT2D eigenvalue weighted by molar-refractivity contribution is 7.89.